The van der Waals surface area contributed by atoms with Crippen molar-refractivity contribution in [1.82, 2.24) is 4.90 Å². The molecule has 0 aliphatic heterocycles. The smallest absolute Gasteiger partial charge is 0.309 e. The summed E-state index contributed by atoms with van der Waals surface area (Å²) >= 11 is 0. The first kappa shape index (κ1) is 25.0. The number of likely N-dealkylation sites (N-methyl/N-ethyl adjacent to an activating group) is 1. The van der Waals surface area contributed by atoms with E-state index in [1.165, 1.54) is 25.1 Å². The van der Waals surface area contributed by atoms with Gasteiger partial charge in [-0.3, -0.25) is 24.1 Å². The van der Waals surface area contributed by atoms with Crippen LogP contribution in [0.15, 0.2) is 35.1 Å². The van der Waals surface area contributed by atoms with Gasteiger partial charge in [0.15, 0.2) is 11.4 Å². The zero-order valence-electron chi connectivity index (χ0n) is 20.5. The molecule has 0 saturated heterocycles. The SMILES string of the molecule is C[C@H]1c2cccc(O)c2C(O)=C2C(=O)[C@@]3(O)C(O)=C(C(N)=O)C(=O)[C@@H](N(C)C)[C@@H]3[C@@H](OC(=O)C3CC3)[C@@H]21. The summed E-state index contributed by atoms with van der Waals surface area (Å²) in [4.78, 5) is 54.0. The number of ether oxygens (including phenoxy) is 1. The number of fused-ring (bicyclic) bond motifs is 3. The second-order valence-electron chi connectivity index (χ2n) is 10.5. The lowest BCUT2D eigenvalue weighted by Crippen LogP contribution is -2.71. The topological polar surface area (TPSA) is 188 Å². The van der Waals surface area contributed by atoms with Crippen LogP contribution in [0.5, 0.6) is 5.75 Å². The maximum absolute atomic E-state index is 14.1. The molecule has 0 radical (unpaired) electrons. The van der Waals surface area contributed by atoms with Crippen LogP contribution < -0.4 is 5.73 Å². The van der Waals surface area contributed by atoms with E-state index < -0.39 is 76.0 Å². The minimum atomic E-state index is -2.93. The van der Waals surface area contributed by atoms with Gasteiger partial charge in [0, 0.05) is 11.5 Å². The maximum Gasteiger partial charge on any atom is 0.309 e. The molecular weight excluding hydrogens is 484 g/mol. The lowest BCUT2D eigenvalue weighted by molar-refractivity contribution is -0.186. The van der Waals surface area contributed by atoms with Crippen molar-refractivity contribution in [2.24, 2.45) is 23.5 Å². The molecule has 0 heterocycles. The third-order valence-corrected chi connectivity index (χ3v) is 8.13. The first-order chi connectivity index (χ1) is 17.3. The first-order valence-electron chi connectivity index (χ1n) is 12.0. The average molecular weight is 513 g/mol. The molecule has 0 unspecified atom stereocenters. The van der Waals surface area contributed by atoms with Gasteiger partial charge in [0.1, 0.15) is 28.9 Å². The number of phenolic OH excluding ortho intramolecular Hbond substituents is 1. The second kappa shape index (κ2) is 8.15. The number of carbonyl (C=O) groups is 4. The van der Waals surface area contributed by atoms with E-state index in [4.69, 9.17) is 10.5 Å². The third kappa shape index (κ3) is 3.27. The van der Waals surface area contributed by atoms with Crippen molar-refractivity contribution in [1.29, 1.82) is 0 Å². The molecule has 6 atom stereocenters. The Labute approximate surface area is 211 Å². The number of carbonyl (C=O) groups excluding carboxylic acids is 4. The number of hydrogen-bond acceptors (Lipinski definition) is 10. The number of amides is 1. The van der Waals surface area contributed by atoms with Gasteiger partial charge in [-0.25, -0.2) is 0 Å². The molecule has 1 amide bonds. The summed E-state index contributed by atoms with van der Waals surface area (Å²) in [6.07, 6.45) is -0.180. The molecule has 196 valence electrons. The number of phenols is 1. The fraction of sp³-hybridized carbons (Fsp3) is 0.462. The van der Waals surface area contributed by atoms with Gasteiger partial charge in [-0.15, -0.1) is 0 Å². The van der Waals surface area contributed by atoms with E-state index in [-0.39, 0.29) is 22.8 Å². The van der Waals surface area contributed by atoms with Crippen LogP contribution in [-0.4, -0.2) is 80.6 Å². The number of aliphatic hydroxyl groups excluding tert-OH is 2. The summed E-state index contributed by atoms with van der Waals surface area (Å²) < 4.78 is 5.92. The Morgan fingerprint density at radius 1 is 1.14 bits per heavy atom. The van der Waals surface area contributed by atoms with Gasteiger partial charge in [0.05, 0.1) is 23.4 Å². The highest BCUT2D eigenvalue weighted by atomic mass is 16.5. The highest BCUT2D eigenvalue weighted by molar-refractivity contribution is 6.24. The van der Waals surface area contributed by atoms with E-state index in [1.807, 2.05) is 0 Å². The third-order valence-electron chi connectivity index (χ3n) is 8.13. The molecule has 4 aliphatic carbocycles. The van der Waals surface area contributed by atoms with Crippen LogP contribution in [0.25, 0.3) is 5.76 Å². The van der Waals surface area contributed by atoms with Gasteiger partial charge in [-0.1, -0.05) is 19.1 Å². The number of aromatic hydroxyl groups is 1. The lowest BCUT2D eigenvalue weighted by Gasteiger charge is -2.54. The van der Waals surface area contributed by atoms with E-state index in [9.17, 15) is 39.6 Å². The van der Waals surface area contributed by atoms with E-state index in [0.29, 0.717) is 18.4 Å². The number of aliphatic hydroxyl groups is 3. The molecule has 0 spiro atoms. The quantitative estimate of drug-likeness (QED) is 0.280. The van der Waals surface area contributed by atoms with Crippen molar-refractivity contribution in [3.63, 3.8) is 0 Å². The number of rotatable bonds is 4. The molecule has 0 bridgehead atoms. The van der Waals surface area contributed by atoms with Crippen molar-refractivity contribution in [3.05, 3.63) is 46.2 Å². The van der Waals surface area contributed by atoms with Crippen LogP contribution in [-0.2, 0) is 23.9 Å². The summed E-state index contributed by atoms with van der Waals surface area (Å²) in [5, 5.41) is 44.8. The van der Waals surface area contributed by atoms with E-state index in [1.54, 1.807) is 19.1 Å². The largest absolute Gasteiger partial charge is 0.508 e. The lowest BCUT2D eigenvalue weighted by atomic mass is 9.54. The molecule has 4 aliphatic rings. The van der Waals surface area contributed by atoms with Crippen LogP contribution in [0.1, 0.15) is 36.8 Å². The van der Waals surface area contributed by atoms with Crippen LogP contribution in [0.3, 0.4) is 0 Å². The first-order valence-corrected chi connectivity index (χ1v) is 12.0. The minimum Gasteiger partial charge on any atom is -0.508 e. The summed E-state index contributed by atoms with van der Waals surface area (Å²) in [5.74, 6) is -9.83. The van der Waals surface area contributed by atoms with Crippen molar-refractivity contribution in [2.75, 3.05) is 14.1 Å². The highest BCUT2D eigenvalue weighted by Crippen LogP contribution is 2.57. The van der Waals surface area contributed by atoms with Gasteiger partial charge < -0.3 is 30.9 Å². The van der Waals surface area contributed by atoms with Crippen LogP contribution >= 0.6 is 0 Å². The molecule has 0 aromatic heterocycles. The molecular formula is C26H28N2O9. The predicted molar refractivity (Wildman–Crippen MR) is 127 cm³/mol. The number of ketones is 2. The van der Waals surface area contributed by atoms with Gasteiger partial charge in [0.2, 0.25) is 5.78 Å². The Bertz CT molecular complexity index is 1330. The maximum atomic E-state index is 14.1. The van der Waals surface area contributed by atoms with Gasteiger partial charge in [0.25, 0.3) is 5.91 Å². The van der Waals surface area contributed by atoms with Gasteiger partial charge in [-0.2, -0.15) is 0 Å². The number of hydrogen-bond donors (Lipinski definition) is 5. The molecule has 6 N–H and O–H groups in total. The van der Waals surface area contributed by atoms with Crippen molar-refractivity contribution >= 4 is 29.2 Å². The zero-order valence-corrected chi connectivity index (χ0v) is 20.5. The van der Waals surface area contributed by atoms with Crippen LogP contribution in [0.2, 0.25) is 0 Å². The number of nitrogens with two attached hydrogens (primary N) is 1. The van der Waals surface area contributed by atoms with Gasteiger partial charge in [-0.05, 0) is 44.5 Å². The summed E-state index contributed by atoms with van der Waals surface area (Å²) in [6.45, 7) is 1.71. The van der Waals surface area contributed by atoms with Crippen molar-refractivity contribution in [3.8, 4) is 5.75 Å². The van der Waals surface area contributed by atoms with Crippen LogP contribution in [0.4, 0.5) is 0 Å². The second-order valence-corrected chi connectivity index (χ2v) is 10.5. The fourth-order valence-corrected chi connectivity index (χ4v) is 6.24. The molecule has 11 nitrogen and oxygen atoms in total. The molecule has 5 rings (SSSR count). The Morgan fingerprint density at radius 3 is 2.35 bits per heavy atom. The Morgan fingerprint density at radius 2 is 1.78 bits per heavy atom. The van der Waals surface area contributed by atoms with Crippen molar-refractivity contribution in [2.45, 2.75) is 43.4 Å². The van der Waals surface area contributed by atoms with E-state index >= 15 is 0 Å². The fourth-order valence-electron chi connectivity index (χ4n) is 6.24. The van der Waals surface area contributed by atoms with Crippen molar-refractivity contribution < 1.29 is 44.3 Å². The summed E-state index contributed by atoms with van der Waals surface area (Å²) in [5.41, 5.74) is 1.56. The molecule has 11 heteroatoms. The Hall–Kier alpha value is -3.70. The monoisotopic (exact) mass is 512 g/mol. The molecule has 2 saturated carbocycles. The Kier molecular flexibility index (Phi) is 5.50. The van der Waals surface area contributed by atoms with E-state index in [0.717, 1.165) is 0 Å². The number of nitrogens with zero attached hydrogens (tertiary/aromatic N) is 1. The van der Waals surface area contributed by atoms with E-state index in [2.05, 4.69) is 0 Å². The minimum absolute atomic E-state index is 0.0291. The summed E-state index contributed by atoms with van der Waals surface area (Å²) in [7, 11) is 2.96. The number of esters is 1. The standard InChI is InChI=1S/C26H28N2O9/c1-9-11-5-4-6-12(29)14(11)19(30)15-13(9)21(37-25(35)10-7-8-10)17-18(28(2)3)20(31)16(24(27)34)23(33)26(17,36)22(15)32/h4-6,9-10,13,17-18,21,29-30,33,36H,7-8H2,1-3H3,(H2,27,34)/t9-,13+,17+,18-,21-,26+/m0/s1. The number of Topliss-reactive ketones (excluding diaryl/α,β-unsaturated/α-hetero) is 2. The molecule has 37 heavy (non-hydrogen) atoms. The summed E-state index contributed by atoms with van der Waals surface area (Å²) in [6, 6.07) is 3.15. The predicted octanol–water partition coefficient (Wildman–Crippen LogP) is 0.457. The zero-order chi connectivity index (χ0) is 27.1. The average Bonchev–Trinajstić information content (AvgIpc) is 3.66. The Balaban J connectivity index is 1.83. The molecule has 1 aromatic rings. The van der Waals surface area contributed by atoms with Crippen LogP contribution in [0, 0.1) is 17.8 Å². The highest BCUT2D eigenvalue weighted by Gasteiger charge is 2.69. The molecule has 2 fully saturated rings. The normalized spacial score (nSPS) is 33.2. The number of primary amides is 1. The number of benzene rings is 1. The molecule has 1 aromatic carbocycles. The van der Waals surface area contributed by atoms with Gasteiger partial charge >= 0.3 is 5.97 Å².